The maximum atomic E-state index is 10.6. The molecule has 0 aliphatic heterocycles. The number of carbonyl (C=O) groups is 2. The SMILES string of the molecule is COCSCCC(NC(C)=O)C(=O)O. The molecule has 14 heavy (non-hydrogen) atoms. The fraction of sp³-hybridized carbons (Fsp3) is 0.750. The lowest BCUT2D eigenvalue weighted by atomic mass is 10.2. The second-order valence-corrected chi connectivity index (χ2v) is 3.75. The van der Waals surface area contributed by atoms with Crippen LogP contribution in [0.3, 0.4) is 0 Å². The number of aliphatic carboxylic acids is 1. The zero-order valence-electron chi connectivity index (χ0n) is 8.28. The molecule has 0 aromatic heterocycles. The minimum atomic E-state index is -1.00. The summed E-state index contributed by atoms with van der Waals surface area (Å²) in [6, 6.07) is -0.795. The first-order chi connectivity index (χ1) is 6.57. The molecular weight excluding hydrogens is 206 g/mol. The lowest BCUT2D eigenvalue weighted by Crippen LogP contribution is -2.39. The molecule has 0 spiro atoms. The average molecular weight is 221 g/mol. The van der Waals surface area contributed by atoms with E-state index in [1.807, 2.05) is 0 Å². The lowest BCUT2D eigenvalue weighted by molar-refractivity contribution is -0.141. The van der Waals surface area contributed by atoms with Crippen molar-refractivity contribution < 1.29 is 19.4 Å². The normalized spacial score (nSPS) is 12.1. The summed E-state index contributed by atoms with van der Waals surface area (Å²) in [5.74, 6) is -0.148. The molecule has 0 bridgehead atoms. The molecule has 82 valence electrons. The second-order valence-electron chi connectivity index (χ2n) is 2.69. The molecule has 0 aliphatic carbocycles. The largest absolute Gasteiger partial charge is 0.480 e. The van der Waals surface area contributed by atoms with Gasteiger partial charge < -0.3 is 15.2 Å². The molecule has 0 aromatic rings. The molecule has 5 nitrogen and oxygen atoms in total. The van der Waals surface area contributed by atoms with Gasteiger partial charge in [0.15, 0.2) is 0 Å². The van der Waals surface area contributed by atoms with Crippen LogP contribution in [0, 0.1) is 0 Å². The first-order valence-electron chi connectivity index (χ1n) is 4.14. The van der Waals surface area contributed by atoms with E-state index in [0.29, 0.717) is 18.1 Å². The smallest absolute Gasteiger partial charge is 0.326 e. The molecule has 0 saturated carbocycles. The third kappa shape index (κ3) is 6.73. The molecule has 2 N–H and O–H groups in total. The highest BCUT2D eigenvalue weighted by molar-refractivity contribution is 7.99. The van der Waals surface area contributed by atoms with Crippen molar-refractivity contribution in [3.63, 3.8) is 0 Å². The van der Waals surface area contributed by atoms with Crippen LogP contribution in [0.1, 0.15) is 13.3 Å². The van der Waals surface area contributed by atoms with Gasteiger partial charge in [-0.2, -0.15) is 0 Å². The van der Waals surface area contributed by atoms with Gasteiger partial charge in [-0.25, -0.2) is 4.79 Å². The highest BCUT2D eigenvalue weighted by Crippen LogP contribution is 2.05. The number of carbonyl (C=O) groups excluding carboxylic acids is 1. The standard InChI is InChI=1S/C8H15NO4S/c1-6(10)9-7(8(11)12)3-4-14-5-13-2/h7H,3-5H2,1-2H3,(H,9,10)(H,11,12). The Kier molecular flexibility index (Phi) is 7.23. The second kappa shape index (κ2) is 7.64. The molecule has 0 saturated heterocycles. The monoisotopic (exact) mass is 221 g/mol. The van der Waals surface area contributed by atoms with Crippen LogP contribution in [-0.2, 0) is 14.3 Å². The molecule has 1 amide bonds. The maximum absolute atomic E-state index is 10.6. The van der Waals surface area contributed by atoms with Crippen molar-refractivity contribution in [2.24, 2.45) is 0 Å². The van der Waals surface area contributed by atoms with Crippen LogP contribution in [0.5, 0.6) is 0 Å². The Morgan fingerprint density at radius 1 is 1.57 bits per heavy atom. The van der Waals surface area contributed by atoms with E-state index >= 15 is 0 Å². The third-order valence-corrected chi connectivity index (χ3v) is 2.35. The Bertz CT molecular complexity index is 198. The Hall–Kier alpha value is -0.750. The van der Waals surface area contributed by atoms with Gasteiger partial charge in [-0.15, -0.1) is 11.8 Å². The molecule has 0 aliphatic rings. The number of ether oxygens (including phenoxy) is 1. The van der Waals surface area contributed by atoms with Gasteiger partial charge in [-0.05, 0) is 12.2 Å². The summed E-state index contributed by atoms with van der Waals surface area (Å²) in [4.78, 5) is 21.3. The van der Waals surface area contributed by atoms with E-state index in [1.165, 1.54) is 18.7 Å². The summed E-state index contributed by atoms with van der Waals surface area (Å²) < 4.78 is 4.79. The average Bonchev–Trinajstić information content (AvgIpc) is 2.09. The minimum absolute atomic E-state index is 0.325. The molecule has 0 fully saturated rings. The van der Waals surface area contributed by atoms with E-state index in [-0.39, 0.29) is 5.91 Å². The van der Waals surface area contributed by atoms with E-state index in [2.05, 4.69) is 5.32 Å². The van der Waals surface area contributed by atoms with E-state index in [0.717, 1.165) is 0 Å². The van der Waals surface area contributed by atoms with E-state index in [9.17, 15) is 9.59 Å². The highest BCUT2D eigenvalue weighted by atomic mass is 32.2. The predicted octanol–water partition coefficient (Wildman–Crippen LogP) is 0.303. The Morgan fingerprint density at radius 3 is 2.64 bits per heavy atom. The van der Waals surface area contributed by atoms with Gasteiger partial charge >= 0.3 is 5.97 Å². The van der Waals surface area contributed by atoms with Crippen LogP contribution in [0.2, 0.25) is 0 Å². The van der Waals surface area contributed by atoms with Crippen molar-refractivity contribution in [1.82, 2.24) is 5.32 Å². The number of amides is 1. The summed E-state index contributed by atoms with van der Waals surface area (Å²) >= 11 is 1.49. The Morgan fingerprint density at radius 2 is 2.21 bits per heavy atom. The fourth-order valence-corrected chi connectivity index (χ4v) is 1.53. The number of thioether (sulfide) groups is 1. The van der Waals surface area contributed by atoms with Gasteiger partial charge in [0, 0.05) is 14.0 Å². The van der Waals surface area contributed by atoms with Crippen molar-refractivity contribution >= 4 is 23.6 Å². The zero-order valence-corrected chi connectivity index (χ0v) is 9.10. The highest BCUT2D eigenvalue weighted by Gasteiger charge is 2.17. The Balaban J connectivity index is 3.74. The molecule has 0 radical (unpaired) electrons. The van der Waals surface area contributed by atoms with Crippen LogP contribution in [0.15, 0.2) is 0 Å². The summed E-state index contributed by atoms with van der Waals surface area (Å²) in [5, 5.41) is 11.1. The van der Waals surface area contributed by atoms with E-state index in [1.54, 1.807) is 7.11 Å². The number of nitrogens with one attached hydrogen (secondary N) is 1. The molecule has 0 heterocycles. The summed E-state index contributed by atoms with van der Waals surface area (Å²) in [5.41, 5.74) is 0. The topological polar surface area (TPSA) is 75.6 Å². The van der Waals surface area contributed by atoms with Crippen LogP contribution in [0.4, 0.5) is 0 Å². The van der Waals surface area contributed by atoms with Crippen molar-refractivity contribution in [2.45, 2.75) is 19.4 Å². The molecule has 1 unspecified atom stereocenters. The van der Waals surface area contributed by atoms with Gasteiger partial charge in [-0.3, -0.25) is 4.79 Å². The molecule has 1 atom stereocenters. The number of carboxylic acids is 1. The van der Waals surface area contributed by atoms with Gasteiger partial charge in [0.2, 0.25) is 5.91 Å². The van der Waals surface area contributed by atoms with Crippen LogP contribution >= 0.6 is 11.8 Å². The number of carboxylic acid groups (broad SMARTS) is 1. The molecule has 0 rings (SSSR count). The quantitative estimate of drug-likeness (QED) is 0.478. The molecular formula is C8H15NO4S. The van der Waals surface area contributed by atoms with Crippen molar-refractivity contribution in [3.05, 3.63) is 0 Å². The lowest BCUT2D eigenvalue weighted by Gasteiger charge is -2.12. The minimum Gasteiger partial charge on any atom is -0.480 e. The zero-order chi connectivity index (χ0) is 11.0. The van der Waals surface area contributed by atoms with E-state index in [4.69, 9.17) is 9.84 Å². The third-order valence-electron chi connectivity index (χ3n) is 1.43. The maximum Gasteiger partial charge on any atom is 0.326 e. The number of hydrogen-bond donors (Lipinski definition) is 2. The summed E-state index contributed by atoms with van der Waals surface area (Å²) in [6.07, 6.45) is 0.406. The van der Waals surface area contributed by atoms with Crippen molar-refractivity contribution in [3.8, 4) is 0 Å². The van der Waals surface area contributed by atoms with Crippen molar-refractivity contribution in [2.75, 3.05) is 18.8 Å². The predicted molar refractivity (Wildman–Crippen MR) is 54.2 cm³/mol. The molecule has 6 heteroatoms. The van der Waals surface area contributed by atoms with Gasteiger partial charge in [0.05, 0.1) is 5.94 Å². The first kappa shape index (κ1) is 13.2. The van der Waals surface area contributed by atoms with Crippen LogP contribution in [-0.4, -0.2) is 41.8 Å². The van der Waals surface area contributed by atoms with Gasteiger partial charge in [-0.1, -0.05) is 0 Å². The Labute approximate surface area is 87.2 Å². The van der Waals surface area contributed by atoms with Gasteiger partial charge in [0.1, 0.15) is 6.04 Å². The van der Waals surface area contributed by atoms with Gasteiger partial charge in [0.25, 0.3) is 0 Å². The summed E-state index contributed by atoms with van der Waals surface area (Å²) in [7, 11) is 1.58. The van der Waals surface area contributed by atoms with Crippen molar-refractivity contribution in [1.29, 1.82) is 0 Å². The number of hydrogen-bond acceptors (Lipinski definition) is 4. The first-order valence-corrected chi connectivity index (χ1v) is 5.30. The number of rotatable bonds is 7. The number of methoxy groups -OCH3 is 1. The fourth-order valence-electron chi connectivity index (χ4n) is 0.846. The summed E-state index contributed by atoms with van der Waals surface area (Å²) in [6.45, 7) is 1.30. The van der Waals surface area contributed by atoms with Crippen LogP contribution < -0.4 is 5.32 Å². The van der Waals surface area contributed by atoms with Crippen LogP contribution in [0.25, 0.3) is 0 Å². The van der Waals surface area contributed by atoms with E-state index < -0.39 is 12.0 Å². The molecule has 0 aromatic carbocycles.